The van der Waals surface area contributed by atoms with Crippen LogP contribution in [0.5, 0.6) is 5.75 Å². The van der Waals surface area contributed by atoms with Crippen molar-refractivity contribution < 1.29 is 13.9 Å². The largest absolute Gasteiger partial charge is 0.492 e. The lowest BCUT2D eigenvalue weighted by molar-refractivity contribution is -0.131. The van der Waals surface area contributed by atoms with Crippen LogP contribution in [0.4, 0.5) is 4.39 Å². The Hall–Kier alpha value is -1.62. The van der Waals surface area contributed by atoms with E-state index in [2.05, 4.69) is 0 Å². The number of nitrogens with two attached hydrogens (primary N) is 1. The second-order valence-corrected chi connectivity index (χ2v) is 4.08. The highest BCUT2D eigenvalue weighted by atomic mass is 19.1. The number of amides is 1. The quantitative estimate of drug-likeness (QED) is 0.835. The summed E-state index contributed by atoms with van der Waals surface area (Å²) >= 11 is 0. The van der Waals surface area contributed by atoms with Crippen molar-refractivity contribution in [2.45, 2.75) is 19.4 Å². The van der Waals surface area contributed by atoms with E-state index >= 15 is 0 Å². The molecule has 0 radical (unpaired) electrons. The Labute approximate surface area is 107 Å². The highest BCUT2D eigenvalue weighted by Crippen LogP contribution is 2.10. The number of benzene rings is 1. The zero-order chi connectivity index (χ0) is 13.5. The summed E-state index contributed by atoms with van der Waals surface area (Å²) < 4.78 is 18.0. The number of rotatable bonds is 6. The minimum Gasteiger partial charge on any atom is -0.492 e. The molecule has 0 saturated carbocycles. The smallest absolute Gasteiger partial charge is 0.239 e. The van der Waals surface area contributed by atoms with Crippen LogP contribution in [0.1, 0.15) is 13.3 Å². The van der Waals surface area contributed by atoms with Gasteiger partial charge >= 0.3 is 0 Å². The number of hydrogen-bond donors (Lipinski definition) is 1. The van der Waals surface area contributed by atoms with Gasteiger partial charge in [-0.1, -0.05) is 6.92 Å². The fourth-order valence-electron chi connectivity index (χ4n) is 1.40. The molecule has 2 N–H and O–H groups in total. The van der Waals surface area contributed by atoms with Crippen LogP contribution in [-0.4, -0.2) is 37.0 Å². The van der Waals surface area contributed by atoms with E-state index < -0.39 is 6.04 Å². The Balaban J connectivity index is 2.33. The van der Waals surface area contributed by atoms with E-state index in [0.717, 1.165) is 0 Å². The number of ether oxygens (including phenoxy) is 1. The Bertz CT molecular complexity index is 381. The first kappa shape index (κ1) is 14.4. The number of halogens is 1. The van der Waals surface area contributed by atoms with Crippen LogP contribution in [0.25, 0.3) is 0 Å². The van der Waals surface area contributed by atoms with Gasteiger partial charge in [-0.2, -0.15) is 0 Å². The Morgan fingerprint density at radius 1 is 1.44 bits per heavy atom. The predicted octanol–water partition coefficient (Wildman–Crippen LogP) is 1.40. The van der Waals surface area contributed by atoms with Gasteiger partial charge in [0.2, 0.25) is 5.91 Å². The van der Waals surface area contributed by atoms with Crippen molar-refractivity contribution in [3.05, 3.63) is 30.1 Å². The first-order chi connectivity index (χ1) is 8.54. The molecule has 0 heterocycles. The third-order valence-electron chi connectivity index (χ3n) is 2.64. The molecule has 1 aromatic carbocycles. The van der Waals surface area contributed by atoms with Crippen LogP contribution in [0.2, 0.25) is 0 Å². The van der Waals surface area contributed by atoms with Crippen molar-refractivity contribution in [3.63, 3.8) is 0 Å². The van der Waals surface area contributed by atoms with Crippen LogP contribution < -0.4 is 10.5 Å². The highest BCUT2D eigenvalue weighted by Gasteiger charge is 2.15. The molecule has 1 unspecified atom stereocenters. The van der Waals surface area contributed by atoms with E-state index in [1.807, 2.05) is 6.92 Å². The summed E-state index contributed by atoms with van der Waals surface area (Å²) in [5.74, 6) is 0.181. The summed E-state index contributed by atoms with van der Waals surface area (Å²) in [6.45, 7) is 2.67. The van der Waals surface area contributed by atoms with Gasteiger partial charge < -0.3 is 15.4 Å². The van der Waals surface area contributed by atoms with Gasteiger partial charge in [0.1, 0.15) is 18.2 Å². The van der Waals surface area contributed by atoms with Gasteiger partial charge in [-0.15, -0.1) is 0 Å². The topological polar surface area (TPSA) is 55.6 Å². The van der Waals surface area contributed by atoms with Crippen LogP contribution in [-0.2, 0) is 4.79 Å². The van der Waals surface area contributed by atoms with Gasteiger partial charge in [-0.3, -0.25) is 4.79 Å². The molecule has 0 saturated heterocycles. The number of likely N-dealkylation sites (N-methyl/N-ethyl adjacent to an activating group) is 1. The number of hydrogen-bond acceptors (Lipinski definition) is 3. The number of nitrogens with zero attached hydrogens (tertiary/aromatic N) is 1. The molecule has 0 bridgehead atoms. The van der Waals surface area contributed by atoms with E-state index in [0.29, 0.717) is 25.3 Å². The van der Waals surface area contributed by atoms with Crippen molar-refractivity contribution in [1.82, 2.24) is 4.90 Å². The third kappa shape index (κ3) is 4.33. The fraction of sp³-hybridized carbons (Fsp3) is 0.462. The molecule has 1 amide bonds. The first-order valence-electron chi connectivity index (χ1n) is 5.93. The standard InChI is InChI=1S/C13H19FN2O2/c1-3-12(15)13(17)16(2)8-9-18-11-6-4-10(14)5-7-11/h4-7,12H,3,8-9,15H2,1-2H3. The molecule has 0 spiro atoms. The zero-order valence-corrected chi connectivity index (χ0v) is 10.7. The molecular formula is C13H19FN2O2. The minimum absolute atomic E-state index is 0.0970. The molecule has 0 aromatic heterocycles. The number of carbonyl (C=O) groups is 1. The van der Waals surface area contributed by atoms with Crippen LogP contribution in [0, 0.1) is 5.82 Å². The molecule has 1 aromatic rings. The summed E-state index contributed by atoms with van der Waals surface area (Å²) in [6.07, 6.45) is 0.613. The van der Waals surface area contributed by atoms with Crippen LogP contribution in [0.15, 0.2) is 24.3 Å². The highest BCUT2D eigenvalue weighted by molar-refractivity contribution is 5.81. The maximum absolute atomic E-state index is 12.6. The van der Waals surface area contributed by atoms with Crippen molar-refractivity contribution in [2.24, 2.45) is 5.73 Å². The minimum atomic E-state index is -0.458. The summed E-state index contributed by atoms with van der Waals surface area (Å²) in [6, 6.07) is 5.30. The molecule has 0 aliphatic rings. The summed E-state index contributed by atoms with van der Waals surface area (Å²) in [5, 5.41) is 0. The molecule has 4 nitrogen and oxygen atoms in total. The summed E-state index contributed by atoms with van der Waals surface area (Å²) in [5.41, 5.74) is 5.64. The SMILES string of the molecule is CCC(N)C(=O)N(C)CCOc1ccc(F)cc1. The van der Waals surface area contributed by atoms with Crippen molar-refractivity contribution >= 4 is 5.91 Å². The lowest BCUT2D eigenvalue weighted by Crippen LogP contribution is -2.42. The maximum Gasteiger partial charge on any atom is 0.239 e. The van der Waals surface area contributed by atoms with Crippen LogP contribution in [0.3, 0.4) is 0 Å². The van der Waals surface area contributed by atoms with Gasteiger partial charge in [0.05, 0.1) is 12.6 Å². The van der Waals surface area contributed by atoms with E-state index in [4.69, 9.17) is 10.5 Å². The Morgan fingerprint density at radius 3 is 2.61 bits per heavy atom. The molecule has 1 rings (SSSR count). The second-order valence-electron chi connectivity index (χ2n) is 4.08. The zero-order valence-electron chi connectivity index (χ0n) is 10.7. The average molecular weight is 254 g/mol. The maximum atomic E-state index is 12.6. The fourth-order valence-corrected chi connectivity index (χ4v) is 1.40. The van der Waals surface area contributed by atoms with E-state index in [1.54, 1.807) is 19.2 Å². The van der Waals surface area contributed by atoms with Gasteiger partial charge in [0.25, 0.3) is 0 Å². The van der Waals surface area contributed by atoms with Gasteiger partial charge in [0.15, 0.2) is 0 Å². The van der Waals surface area contributed by atoms with Crippen molar-refractivity contribution in [2.75, 3.05) is 20.2 Å². The normalized spacial score (nSPS) is 12.0. The Morgan fingerprint density at radius 2 is 2.06 bits per heavy atom. The molecule has 100 valence electrons. The molecular weight excluding hydrogens is 235 g/mol. The molecule has 1 atom stereocenters. The first-order valence-corrected chi connectivity index (χ1v) is 5.93. The lowest BCUT2D eigenvalue weighted by Gasteiger charge is -2.20. The van der Waals surface area contributed by atoms with Gasteiger partial charge in [-0.05, 0) is 30.7 Å². The van der Waals surface area contributed by atoms with E-state index in [9.17, 15) is 9.18 Å². The second kappa shape index (κ2) is 6.96. The lowest BCUT2D eigenvalue weighted by atomic mass is 10.2. The monoisotopic (exact) mass is 254 g/mol. The average Bonchev–Trinajstić information content (AvgIpc) is 2.39. The summed E-state index contributed by atoms with van der Waals surface area (Å²) in [4.78, 5) is 13.2. The van der Waals surface area contributed by atoms with Crippen molar-refractivity contribution in [1.29, 1.82) is 0 Å². The molecule has 18 heavy (non-hydrogen) atoms. The molecule has 0 aliphatic carbocycles. The Kier molecular flexibility index (Phi) is 5.58. The van der Waals surface area contributed by atoms with Gasteiger partial charge in [0, 0.05) is 7.05 Å². The number of carbonyl (C=O) groups excluding carboxylic acids is 1. The molecule has 0 fully saturated rings. The van der Waals surface area contributed by atoms with Gasteiger partial charge in [-0.25, -0.2) is 4.39 Å². The van der Waals surface area contributed by atoms with E-state index in [1.165, 1.54) is 17.0 Å². The molecule has 0 aliphatic heterocycles. The van der Waals surface area contributed by atoms with Crippen molar-refractivity contribution in [3.8, 4) is 5.75 Å². The molecule has 5 heteroatoms. The third-order valence-corrected chi connectivity index (χ3v) is 2.64. The van der Waals surface area contributed by atoms with Crippen LogP contribution >= 0.6 is 0 Å². The van der Waals surface area contributed by atoms with E-state index in [-0.39, 0.29) is 11.7 Å². The summed E-state index contributed by atoms with van der Waals surface area (Å²) in [7, 11) is 1.69. The predicted molar refractivity (Wildman–Crippen MR) is 67.8 cm³/mol.